The summed E-state index contributed by atoms with van der Waals surface area (Å²) in [6, 6.07) is 12.0. The van der Waals surface area contributed by atoms with Crippen molar-refractivity contribution < 1.29 is 14.3 Å². The maximum atomic E-state index is 11.9. The lowest BCUT2D eigenvalue weighted by Crippen LogP contribution is -2.06. The van der Waals surface area contributed by atoms with Gasteiger partial charge in [0.05, 0.1) is 6.61 Å². The Morgan fingerprint density at radius 3 is 2.59 bits per heavy atom. The van der Waals surface area contributed by atoms with Crippen molar-refractivity contribution in [1.82, 2.24) is 0 Å². The van der Waals surface area contributed by atoms with Crippen molar-refractivity contribution in [3.05, 3.63) is 58.8 Å². The Morgan fingerprint density at radius 1 is 1.23 bits per heavy atom. The lowest BCUT2D eigenvalue weighted by atomic mass is 10.3. The van der Waals surface area contributed by atoms with Gasteiger partial charge in [0.1, 0.15) is 27.3 Å². The maximum absolute atomic E-state index is 11.9. The fraction of sp³-hybridized carbons (Fsp3) is 0.176. The van der Waals surface area contributed by atoms with Gasteiger partial charge in [0.25, 0.3) is 0 Å². The second-order valence-electron chi connectivity index (χ2n) is 4.42. The third-order valence-electron chi connectivity index (χ3n) is 2.77. The number of hydrogen-bond acceptors (Lipinski definition) is 5. The number of nitrogens with zero attached hydrogens (tertiary/aromatic N) is 1. The van der Waals surface area contributed by atoms with Crippen LogP contribution in [0.4, 0.5) is 0 Å². The summed E-state index contributed by atoms with van der Waals surface area (Å²) in [6.45, 7) is 4.28. The summed E-state index contributed by atoms with van der Waals surface area (Å²) in [5.74, 6) is 0.702. The number of unbranched alkanes of at least 4 members (excludes halogenated alkanes) is 1. The van der Waals surface area contributed by atoms with Crippen LogP contribution in [0.5, 0.6) is 11.5 Å². The molecule has 0 atom stereocenters. The molecule has 1 heterocycles. The summed E-state index contributed by atoms with van der Waals surface area (Å²) < 4.78 is 10.8. The van der Waals surface area contributed by atoms with Crippen LogP contribution in [0.1, 0.15) is 27.4 Å². The molecule has 0 spiro atoms. The van der Waals surface area contributed by atoms with Gasteiger partial charge in [-0.2, -0.15) is 5.26 Å². The van der Waals surface area contributed by atoms with Gasteiger partial charge in [-0.3, -0.25) is 0 Å². The van der Waals surface area contributed by atoms with Crippen molar-refractivity contribution in [3.63, 3.8) is 0 Å². The van der Waals surface area contributed by atoms with Crippen LogP contribution in [-0.2, 0) is 0 Å². The number of thiophene rings is 1. The van der Waals surface area contributed by atoms with Gasteiger partial charge in [0, 0.05) is 0 Å². The quantitative estimate of drug-likeness (QED) is 0.333. The van der Waals surface area contributed by atoms with Gasteiger partial charge in [-0.15, -0.1) is 17.9 Å². The Balaban J connectivity index is 1.89. The van der Waals surface area contributed by atoms with Crippen molar-refractivity contribution in [3.8, 4) is 17.6 Å². The lowest BCUT2D eigenvalue weighted by molar-refractivity contribution is 0.0739. The van der Waals surface area contributed by atoms with Crippen molar-refractivity contribution in [2.75, 3.05) is 6.61 Å². The highest BCUT2D eigenvalue weighted by Gasteiger charge is 2.11. The monoisotopic (exact) mass is 313 g/mol. The van der Waals surface area contributed by atoms with E-state index < -0.39 is 5.97 Å². The highest BCUT2D eigenvalue weighted by atomic mass is 32.1. The average molecular weight is 313 g/mol. The number of ether oxygens (including phenoxy) is 2. The standard InChI is InChI=1S/C17H15NO3S/c1-2-3-4-11-20-13-5-7-14(8-6-13)21-17(19)16-10-9-15(12-18)22-16/h2,5-10H,1,3-4,11H2. The molecule has 0 bridgehead atoms. The molecule has 0 saturated carbocycles. The van der Waals surface area contributed by atoms with Crippen LogP contribution in [0.2, 0.25) is 0 Å². The molecule has 0 amide bonds. The zero-order valence-corrected chi connectivity index (χ0v) is 12.8. The van der Waals surface area contributed by atoms with E-state index in [1.807, 2.05) is 12.1 Å². The molecule has 2 aromatic rings. The first kappa shape index (κ1) is 15.8. The molecule has 0 saturated heterocycles. The first-order valence-corrected chi connectivity index (χ1v) is 7.60. The Labute approximate surface area is 133 Å². The van der Waals surface area contributed by atoms with Gasteiger partial charge in [-0.25, -0.2) is 4.79 Å². The predicted octanol–water partition coefficient (Wildman–Crippen LogP) is 4.18. The molecule has 1 aromatic carbocycles. The maximum Gasteiger partial charge on any atom is 0.353 e. The Kier molecular flexibility index (Phi) is 5.75. The molecule has 0 radical (unpaired) electrons. The number of carbonyl (C=O) groups is 1. The van der Waals surface area contributed by atoms with Crippen LogP contribution in [0.15, 0.2) is 49.1 Å². The van der Waals surface area contributed by atoms with Gasteiger partial charge in [-0.05, 0) is 49.2 Å². The molecule has 5 heteroatoms. The van der Waals surface area contributed by atoms with Crippen molar-refractivity contribution in [2.45, 2.75) is 12.8 Å². The van der Waals surface area contributed by atoms with E-state index in [9.17, 15) is 4.79 Å². The molecular weight excluding hydrogens is 298 g/mol. The number of esters is 1. The van der Waals surface area contributed by atoms with Crippen LogP contribution in [-0.4, -0.2) is 12.6 Å². The Bertz CT molecular complexity index is 683. The number of hydrogen-bond donors (Lipinski definition) is 0. The second-order valence-corrected chi connectivity index (χ2v) is 5.50. The van der Waals surface area contributed by atoms with E-state index in [1.165, 1.54) is 0 Å². The lowest BCUT2D eigenvalue weighted by Gasteiger charge is -2.06. The molecule has 22 heavy (non-hydrogen) atoms. The van der Waals surface area contributed by atoms with E-state index in [-0.39, 0.29) is 0 Å². The highest BCUT2D eigenvalue weighted by molar-refractivity contribution is 7.14. The van der Waals surface area contributed by atoms with E-state index in [0.29, 0.717) is 22.1 Å². The van der Waals surface area contributed by atoms with Gasteiger partial charge in [0.2, 0.25) is 0 Å². The van der Waals surface area contributed by atoms with Crippen LogP contribution in [0, 0.1) is 11.3 Å². The van der Waals surface area contributed by atoms with Crippen LogP contribution >= 0.6 is 11.3 Å². The molecular formula is C17H15NO3S. The van der Waals surface area contributed by atoms with Crippen LogP contribution < -0.4 is 9.47 Å². The van der Waals surface area contributed by atoms with E-state index in [0.717, 1.165) is 29.9 Å². The van der Waals surface area contributed by atoms with Gasteiger partial charge in [0.15, 0.2) is 0 Å². The minimum atomic E-state index is -0.467. The first-order valence-electron chi connectivity index (χ1n) is 6.79. The first-order chi connectivity index (χ1) is 10.7. The minimum absolute atomic E-state index is 0.404. The summed E-state index contributed by atoms with van der Waals surface area (Å²) >= 11 is 1.11. The zero-order chi connectivity index (χ0) is 15.8. The van der Waals surface area contributed by atoms with E-state index >= 15 is 0 Å². The Hall–Kier alpha value is -2.58. The number of nitriles is 1. The van der Waals surface area contributed by atoms with Crippen molar-refractivity contribution >= 4 is 17.3 Å². The van der Waals surface area contributed by atoms with E-state index in [2.05, 4.69) is 6.58 Å². The SMILES string of the molecule is C=CCCCOc1ccc(OC(=O)c2ccc(C#N)s2)cc1. The summed E-state index contributed by atoms with van der Waals surface area (Å²) in [4.78, 5) is 12.8. The summed E-state index contributed by atoms with van der Waals surface area (Å²) in [5.41, 5.74) is 0. The fourth-order valence-electron chi connectivity index (χ4n) is 1.69. The number of carbonyl (C=O) groups excluding carboxylic acids is 1. The summed E-state index contributed by atoms with van der Waals surface area (Å²) in [6.07, 6.45) is 3.69. The molecule has 0 aliphatic rings. The van der Waals surface area contributed by atoms with E-state index in [1.54, 1.807) is 36.4 Å². The third kappa shape index (κ3) is 4.47. The predicted molar refractivity (Wildman–Crippen MR) is 85.4 cm³/mol. The summed E-state index contributed by atoms with van der Waals surface area (Å²) in [7, 11) is 0. The summed E-state index contributed by atoms with van der Waals surface area (Å²) in [5, 5.41) is 8.75. The van der Waals surface area contributed by atoms with Crippen LogP contribution in [0.3, 0.4) is 0 Å². The molecule has 0 N–H and O–H groups in total. The number of allylic oxidation sites excluding steroid dienone is 1. The molecule has 0 aliphatic carbocycles. The average Bonchev–Trinajstić information content (AvgIpc) is 3.02. The van der Waals surface area contributed by atoms with Crippen molar-refractivity contribution in [2.24, 2.45) is 0 Å². The largest absolute Gasteiger partial charge is 0.494 e. The van der Waals surface area contributed by atoms with Crippen molar-refractivity contribution in [1.29, 1.82) is 5.26 Å². The molecule has 4 nitrogen and oxygen atoms in total. The molecule has 0 fully saturated rings. The number of rotatable bonds is 7. The molecule has 112 valence electrons. The van der Waals surface area contributed by atoms with Gasteiger partial charge in [-0.1, -0.05) is 6.08 Å². The second kappa shape index (κ2) is 8.01. The van der Waals surface area contributed by atoms with E-state index in [4.69, 9.17) is 14.7 Å². The topological polar surface area (TPSA) is 59.3 Å². The Morgan fingerprint density at radius 2 is 1.95 bits per heavy atom. The highest BCUT2D eigenvalue weighted by Crippen LogP contribution is 2.21. The van der Waals surface area contributed by atoms with Crippen LogP contribution in [0.25, 0.3) is 0 Å². The number of benzene rings is 1. The van der Waals surface area contributed by atoms with Gasteiger partial charge >= 0.3 is 5.97 Å². The zero-order valence-electron chi connectivity index (χ0n) is 12.0. The van der Waals surface area contributed by atoms with Gasteiger partial charge < -0.3 is 9.47 Å². The minimum Gasteiger partial charge on any atom is -0.494 e. The molecule has 0 aliphatic heterocycles. The fourth-order valence-corrected chi connectivity index (χ4v) is 2.37. The normalized spacial score (nSPS) is 9.77. The molecule has 1 aromatic heterocycles. The smallest absolute Gasteiger partial charge is 0.353 e. The molecule has 2 rings (SSSR count). The molecule has 0 unspecified atom stereocenters. The third-order valence-corrected chi connectivity index (χ3v) is 3.74.